The van der Waals surface area contributed by atoms with Crippen molar-refractivity contribution >= 4 is 31.6 Å². The number of furan rings is 1. The molecule has 2 N–H and O–H groups in total. The summed E-state index contributed by atoms with van der Waals surface area (Å²) in [4.78, 5) is -0.0984. The molecule has 1 heterocycles. The molecule has 0 aliphatic heterocycles. The number of hydrogen-bond acceptors (Lipinski definition) is 4. The quantitative estimate of drug-likeness (QED) is 0.857. The van der Waals surface area contributed by atoms with Crippen LogP contribution in [0.25, 0.3) is 0 Å². The van der Waals surface area contributed by atoms with E-state index in [9.17, 15) is 17.9 Å². The zero-order chi connectivity index (χ0) is 15.8. The second kappa shape index (κ2) is 5.78. The van der Waals surface area contributed by atoms with E-state index in [0.29, 0.717) is 5.76 Å². The third-order valence-electron chi connectivity index (χ3n) is 2.93. The van der Waals surface area contributed by atoms with Crippen molar-refractivity contribution in [2.75, 3.05) is 4.72 Å². The first-order valence-corrected chi connectivity index (χ1v) is 8.21. The summed E-state index contributed by atoms with van der Waals surface area (Å²) in [5, 5.41) is 9.32. The van der Waals surface area contributed by atoms with Crippen LogP contribution in [0.3, 0.4) is 0 Å². The molecule has 0 unspecified atom stereocenters. The second-order valence-corrected chi connectivity index (χ2v) is 6.88. The van der Waals surface area contributed by atoms with E-state index in [1.165, 1.54) is 13.0 Å². The lowest BCUT2D eigenvalue weighted by Crippen LogP contribution is -2.15. The van der Waals surface area contributed by atoms with Crippen molar-refractivity contribution in [3.05, 3.63) is 45.6 Å². The summed E-state index contributed by atoms with van der Waals surface area (Å²) in [7, 11) is -3.96. The zero-order valence-corrected chi connectivity index (χ0v) is 13.7. The number of benzene rings is 1. The Morgan fingerprint density at radius 2 is 2.00 bits per heavy atom. The maximum Gasteiger partial charge on any atom is 0.265 e. The van der Waals surface area contributed by atoms with Crippen molar-refractivity contribution in [3.63, 3.8) is 0 Å². The van der Waals surface area contributed by atoms with Crippen LogP contribution in [0, 0.1) is 19.7 Å². The molecule has 0 amide bonds. The lowest BCUT2D eigenvalue weighted by Gasteiger charge is -2.10. The van der Waals surface area contributed by atoms with Gasteiger partial charge in [0.1, 0.15) is 22.2 Å². The number of hydrogen-bond donors (Lipinski definition) is 2. The van der Waals surface area contributed by atoms with E-state index in [-0.39, 0.29) is 26.4 Å². The summed E-state index contributed by atoms with van der Waals surface area (Å²) < 4.78 is 45.8. The highest BCUT2D eigenvalue weighted by Gasteiger charge is 2.27. The average molecular weight is 378 g/mol. The molecule has 114 valence electrons. The van der Waals surface area contributed by atoms with Gasteiger partial charge in [-0.1, -0.05) is 0 Å². The number of anilines is 1. The Hall–Kier alpha value is -1.38. The number of rotatable bonds is 4. The second-order valence-electron chi connectivity index (χ2n) is 4.41. The van der Waals surface area contributed by atoms with Crippen molar-refractivity contribution < 1.29 is 22.3 Å². The van der Waals surface area contributed by atoms with Gasteiger partial charge in [0.15, 0.2) is 0 Å². The molecule has 0 spiro atoms. The first kappa shape index (κ1) is 16.0. The van der Waals surface area contributed by atoms with E-state index >= 15 is 0 Å². The molecule has 2 aromatic rings. The van der Waals surface area contributed by atoms with Gasteiger partial charge in [-0.2, -0.15) is 0 Å². The Morgan fingerprint density at radius 3 is 2.57 bits per heavy atom. The van der Waals surface area contributed by atoms with Gasteiger partial charge in [-0.15, -0.1) is 0 Å². The van der Waals surface area contributed by atoms with Crippen LogP contribution in [-0.4, -0.2) is 13.5 Å². The number of sulfonamides is 1. The number of aliphatic hydroxyl groups excluding tert-OH is 1. The van der Waals surface area contributed by atoms with Gasteiger partial charge in [0.2, 0.25) is 0 Å². The Morgan fingerprint density at radius 1 is 1.33 bits per heavy atom. The predicted octanol–water partition coefficient (Wildman–Crippen LogP) is 3.09. The Bertz CT molecular complexity index is 786. The lowest BCUT2D eigenvalue weighted by atomic mass is 10.2. The molecule has 2 rings (SSSR count). The van der Waals surface area contributed by atoms with Crippen LogP contribution >= 0.6 is 15.9 Å². The minimum Gasteiger partial charge on any atom is -0.465 e. The van der Waals surface area contributed by atoms with Gasteiger partial charge in [-0.25, -0.2) is 12.8 Å². The SMILES string of the molecule is Cc1oc(C)c(S(=O)(=O)Nc2ccc(F)cc2Br)c1CO. The van der Waals surface area contributed by atoms with Crippen LogP contribution in [0.1, 0.15) is 17.1 Å². The monoisotopic (exact) mass is 377 g/mol. The van der Waals surface area contributed by atoms with Crippen LogP contribution in [0.5, 0.6) is 0 Å². The first-order chi connectivity index (χ1) is 9.76. The third kappa shape index (κ3) is 3.12. The van der Waals surface area contributed by atoms with E-state index in [1.807, 2.05) is 0 Å². The summed E-state index contributed by atoms with van der Waals surface area (Å²) in [6.07, 6.45) is 0. The molecule has 8 heteroatoms. The summed E-state index contributed by atoms with van der Waals surface area (Å²) in [5.41, 5.74) is 0.400. The van der Waals surface area contributed by atoms with Crippen LogP contribution in [0.4, 0.5) is 10.1 Å². The molecule has 0 saturated heterocycles. The fourth-order valence-corrected chi connectivity index (χ4v) is 4.12. The average Bonchev–Trinajstić information content (AvgIpc) is 2.67. The minimum atomic E-state index is -3.96. The highest BCUT2D eigenvalue weighted by Crippen LogP contribution is 2.30. The topological polar surface area (TPSA) is 79.5 Å². The van der Waals surface area contributed by atoms with Gasteiger partial charge in [-0.05, 0) is 48.0 Å². The number of halogens is 2. The lowest BCUT2D eigenvalue weighted by molar-refractivity contribution is 0.276. The maximum absolute atomic E-state index is 13.0. The Labute approximate surface area is 130 Å². The zero-order valence-electron chi connectivity index (χ0n) is 11.3. The number of aliphatic hydroxyl groups is 1. The molecule has 0 bridgehead atoms. The van der Waals surface area contributed by atoms with E-state index in [4.69, 9.17) is 4.42 Å². The smallest absolute Gasteiger partial charge is 0.265 e. The molecular weight excluding hydrogens is 365 g/mol. The number of nitrogens with one attached hydrogen (secondary N) is 1. The molecule has 0 atom stereocenters. The van der Waals surface area contributed by atoms with Crippen LogP contribution in [-0.2, 0) is 16.6 Å². The highest BCUT2D eigenvalue weighted by atomic mass is 79.9. The van der Waals surface area contributed by atoms with Crippen molar-refractivity contribution in [1.82, 2.24) is 0 Å². The van der Waals surface area contributed by atoms with Gasteiger partial charge >= 0.3 is 0 Å². The van der Waals surface area contributed by atoms with Gasteiger partial charge in [-0.3, -0.25) is 4.72 Å². The van der Waals surface area contributed by atoms with Gasteiger partial charge < -0.3 is 9.52 Å². The third-order valence-corrected chi connectivity index (χ3v) is 5.14. The molecule has 1 aromatic carbocycles. The van der Waals surface area contributed by atoms with Crippen LogP contribution in [0.15, 0.2) is 32.0 Å². The molecular formula is C13H13BrFNO4S. The summed E-state index contributed by atoms with van der Waals surface area (Å²) >= 11 is 3.09. The van der Waals surface area contributed by atoms with Crippen LogP contribution in [0.2, 0.25) is 0 Å². The van der Waals surface area contributed by atoms with Crippen molar-refractivity contribution in [2.45, 2.75) is 25.3 Å². The molecule has 0 aliphatic carbocycles. The van der Waals surface area contributed by atoms with E-state index in [2.05, 4.69) is 20.7 Å². The van der Waals surface area contributed by atoms with Crippen molar-refractivity contribution in [2.24, 2.45) is 0 Å². The van der Waals surface area contributed by atoms with Crippen molar-refractivity contribution in [1.29, 1.82) is 0 Å². The summed E-state index contributed by atoms with van der Waals surface area (Å²) in [6, 6.07) is 3.60. The predicted molar refractivity (Wildman–Crippen MR) is 79.0 cm³/mol. The molecule has 21 heavy (non-hydrogen) atoms. The molecule has 0 radical (unpaired) electrons. The molecule has 1 aromatic heterocycles. The van der Waals surface area contributed by atoms with Crippen molar-refractivity contribution in [3.8, 4) is 0 Å². The fraction of sp³-hybridized carbons (Fsp3) is 0.231. The van der Waals surface area contributed by atoms with Gasteiger partial charge in [0.25, 0.3) is 10.0 Å². The first-order valence-electron chi connectivity index (χ1n) is 5.94. The fourth-order valence-electron chi connectivity index (χ4n) is 2.01. The molecule has 0 aliphatic rings. The maximum atomic E-state index is 13.0. The normalized spacial score (nSPS) is 11.7. The summed E-state index contributed by atoms with van der Waals surface area (Å²) in [5.74, 6) is 0.0343. The Kier molecular flexibility index (Phi) is 4.40. The van der Waals surface area contributed by atoms with Gasteiger partial charge in [0, 0.05) is 10.0 Å². The van der Waals surface area contributed by atoms with E-state index in [1.54, 1.807) is 6.92 Å². The number of aryl methyl sites for hydroxylation is 2. The largest absolute Gasteiger partial charge is 0.465 e. The van der Waals surface area contributed by atoms with E-state index in [0.717, 1.165) is 12.1 Å². The standard InChI is InChI=1S/C13H13BrFNO4S/c1-7-10(6-17)13(8(2)20-7)21(18,19)16-12-4-3-9(15)5-11(12)14/h3-5,16-17H,6H2,1-2H3. The molecule has 5 nitrogen and oxygen atoms in total. The Balaban J connectivity index is 2.48. The van der Waals surface area contributed by atoms with Gasteiger partial charge in [0.05, 0.1) is 12.3 Å². The summed E-state index contributed by atoms with van der Waals surface area (Å²) in [6.45, 7) is 2.62. The minimum absolute atomic E-state index is 0.0984. The molecule has 0 saturated carbocycles. The van der Waals surface area contributed by atoms with Crippen LogP contribution < -0.4 is 4.72 Å². The highest BCUT2D eigenvalue weighted by molar-refractivity contribution is 9.10. The van der Waals surface area contributed by atoms with E-state index < -0.39 is 22.4 Å². The molecule has 0 fully saturated rings.